The van der Waals surface area contributed by atoms with Crippen LogP contribution in [-0.2, 0) is 16.5 Å². The first-order valence-electron chi connectivity index (χ1n) is 9.98. The lowest BCUT2D eigenvalue weighted by Gasteiger charge is -2.36. The summed E-state index contributed by atoms with van der Waals surface area (Å²) in [7, 11) is 0. The van der Waals surface area contributed by atoms with E-state index >= 15 is 0 Å². The maximum Gasteiger partial charge on any atom is 0.417 e. The van der Waals surface area contributed by atoms with Crippen LogP contribution in [0.15, 0.2) is 42.6 Å². The van der Waals surface area contributed by atoms with Crippen molar-refractivity contribution in [1.29, 1.82) is 0 Å². The van der Waals surface area contributed by atoms with Crippen molar-refractivity contribution in [2.75, 3.05) is 37.7 Å². The Labute approximate surface area is 187 Å². The molecule has 32 heavy (non-hydrogen) atoms. The van der Waals surface area contributed by atoms with Crippen LogP contribution in [0.2, 0.25) is 5.02 Å². The minimum Gasteiger partial charge on any atom is -0.354 e. The van der Waals surface area contributed by atoms with E-state index in [4.69, 9.17) is 11.6 Å². The highest BCUT2D eigenvalue weighted by molar-refractivity contribution is 6.30. The zero-order valence-electron chi connectivity index (χ0n) is 17.2. The fourth-order valence-electron chi connectivity index (χ4n) is 3.86. The number of carbonyl (C=O) groups is 2. The van der Waals surface area contributed by atoms with Crippen molar-refractivity contribution < 1.29 is 22.8 Å². The summed E-state index contributed by atoms with van der Waals surface area (Å²) in [6.07, 6.45) is -3.60. The van der Waals surface area contributed by atoms with Gasteiger partial charge in [-0.25, -0.2) is 14.7 Å². The number of urea groups is 1. The van der Waals surface area contributed by atoms with E-state index < -0.39 is 23.3 Å². The fraction of sp³-hybridized carbons (Fsp3) is 0.381. The van der Waals surface area contributed by atoms with Gasteiger partial charge in [0.1, 0.15) is 11.4 Å². The molecule has 0 aliphatic carbocycles. The Hall–Kier alpha value is -2.85. The lowest BCUT2D eigenvalue weighted by molar-refractivity contribution is -0.137. The second kappa shape index (κ2) is 8.25. The molecular formula is C21H21ClF3N5O2. The van der Waals surface area contributed by atoms with Crippen LogP contribution in [0.25, 0.3) is 0 Å². The molecule has 170 valence electrons. The first-order valence-corrected chi connectivity index (χ1v) is 10.4. The first-order chi connectivity index (χ1) is 15.1. The van der Waals surface area contributed by atoms with Gasteiger partial charge in [0.2, 0.25) is 0 Å². The number of hydrogen-bond acceptors (Lipinski definition) is 5. The summed E-state index contributed by atoms with van der Waals surface area (Å²) in [5, 5.41) is 3.30. The van der Waals surface area contributed by atoms with Crippen LogP contribution in [0.3, 0.4) is 0 Å². The van der Waals surface area contributed by atoms with Crippen molar-refractivity contribution in [1.82, 2.24) is 20.1 Å². The summed E-state index contributed by atoms with van der Waals surface area (Å²) in [5.74, 6) is 0.111. The molecule has 3 amide bonds. The largest absolute Gasteiger partial charge is 0.417 e. The van der Waals surface area contributed by atoms with E-state index in [1.54, 1.807) is 31.2 Å². The number of benzene rings is 1. The maximum absolute atomic E-state index is 13.1. The number of amides is 3. The summed E-state index contributed by atoms with van der Waals surface area (Å²) in [4.78, 5) is 34.5. The molecule has 4 rings (SSSR count). The summed E-state index contributed by atoms with van der Waals surface area (Å²) >= 11 is 5.92. The predicted octanol–water partition coefficient (Wildman–Crippen LogP) is 3.30. The molecule has 2 saturated heterocycles. The minimum absolute atomic E-state index is 0.127. The van der Waals surface area contributed by atoms with Crippen molar-refractivity contribution >= 4 is 29.4 Å². The van der Waals surface area contributed by atoms with E-state index in [9.17, 15) is 22.8 Å². The van der Waals surface area contributed by atoms with E-state index in [0.717, 1.165) is 12.3 Å². The van der Waals surface area contributed by atoms with Crippen LogP contribution in [-0.4, -0.2) is 59.6 Å². The summed E-state index contributed by atoms with van der Waals surface area (Å²) in [5.41, 5.74) is -1.32. The average Bonchev–Trinajstić information content (AvgIpc) is 2.98. The normalized spacial score (nSPS) is 22.4. The van der Waals surface area contributed by atoms with Gasteiger partial charge in [0.05, 0.1) is 12.2 Å². The van der Waals surface area contributed by atoms with Crippen LogP contribution in [0, 0.1) is 0 Å². The van der Waals surface area contributed by atoms with Gasteiger partial charge >= 0.3 is 12.2 Å². The van der Waals surface area contributed by atoms with Crippen LogP contribution in [0.5, 0.6) is 0 Å². The second-order valence-electron chi connectivity index (χ2n) is 7.94. The fourth-order valence-corrected chi connectivity index (χ4v) is 3.99. The van der Waals surface area contributed by atoms with Crippen LogP contribution >= 0.6 is 11.6 Å². The number of imide groups is 1. The van der Waals surface area contributed by atoms with Gasteiger partial charge in [0.15, 0.2) is 0 Å². The summed E-state index contributed by atoms with van der Waals surface area (Å²) < 4.78 is 38.2. The van der Waals surface area contributed by atoms with Gasteiger partial charge in [0.25, 0.3) is 5.91 Å². The quantitative estimate of drug-likeness (QED) is 0.699. The average molecular weight is 468 g/mol. The highest BCUT2D eigenvalue weighted by Crippen LogP contribution is 2.31. The van der Waals surface area contributed by atoms with Crippen molar-refractivity contribution in [3.05, 3.63) is 58.7 Å². The zero-order valence-corrected chi connectivity index (χ0v) is 18.0. The van der Waals surface area contributed by atoms with Crippen molar-refractivity contribution in [2.45, 2.75) is 18.6 Å². The van der Waals surface area contributed by atoms with Gasteiger partial charge in [-0.15, -0.1) is 0 Å². The number of halogens is 4. The van der Waals surface area contributed by atoms with E-state index in [0.29, 0.717) is 42.6 Å². The number of rotatable bonds is 4. The summed E-state index contributed by atoms with van der Waals surface area (Å²) in [6.45, 7) is 3.86. The van der Waals surface area contributed by atoms with Crippen LogP contribution in [0.1, 0.15) is 18.1 Å². The van der Waals surface area contributed by atoms with Crippen molar-refractivity contribution in [2.24, 2.45) is 0 Å². The Morgan fingerprint density at radius 1 is 1.06 bits per heavy atom. The molecule has 1 atom stereocenters. The number of hydrogen-bond donors (Lipinski definition) is 1. The monoisotopic (exact) mass is 467 g/mol. The molecule has 2 fully saturated rings. The van der Waals surface area contributed by atoms with E-state index in [1.807, 2.05) is 9.80 Å². The molecule has 1 aromatic carbocycles. The molecule has 0 radical (unpaired) electrons. The SMILES string of the molecule is CC1(c2ccc(Cl)cc2)NC(=O)N(CN2CCN(c3ccc(C(F)(F)F)cn3)CC2)C1=O. The first kappa shape index (κ1) is 22.3. The van der Waals surface area contributed by atoms with E-state index in [-0.39, 0.29) is 12.6 Å². The van der Waals surface area contributed by atoms with Gasteiger partial charge < -0.3 is 10.2 Å². The minimum atomic E-state index is -4.42. The molecule has 0 bridgehead atoms. The number of anilines is 1. The van der Waals surface area contributed by atoms with Crippen LogP contribution in [0.4, 0.5) is 23.8 Å². The third-order valence-electron chi connectivity index (χ3n) is 5.81. The summed E-state index contributed by atoms with van der Waals surface area (Å²) in [6, 6.07) is 8.64. The molecule has 1 aromatic heterocycles. The topological polar surface area (TPSA) is 68.8 Å². The van der Waals surface area contributed by atoms with Gasteiger partial charge in [0, 0.05) is 37.4 Å². The molecule has 2 aliphatic rings. The molecule has 3 heterocycles. The molecule has 0 spiro atoms. The number of piperazine rings is 1. The Bertz CT molecular complexity index is 1010. The third-order valence-corrected chi connectivity index (χ3v) is 6.06. The molecule has 1 N–H and O–H groups in total. The molecule has 2 aliphatic heterocycles. The standard InChI is InChI=1S/C21H21ClF3N5O2/c1-20(14-2-5-16(22)6-3-14)18(31)30(19(32)27-20)13-28-8-10-29(11-9-28)17-7-4-15(12-26-17)21(23,24)25/h2-7,12H,8-11,13H2,1H3,(H,27,32). The van der Waals surface area contributed by atoms with Crippen molar-refractivity contribution in [3.8, 4) is 0 Å². The number of nitrogens with one attached hydrogen (secondary N) is 1. The maximum atomic E-state index is 13.1. The number of carbonyl (C=O) groups excluding carboxylic acids is 2. The van der Waals surface area contributed by atoms with E-state index in [2.05, 4.69) is 10.3 Å². The molecule has 11 heteroatoms. The smallest absolute Gasteiger partial charge is 0.354 e. The Morgan fingerprint density at radius 3 is 2.28 bits per heavy atom. The van der Waals surface area contributed by atoms with Crippen molar-refractivity contribution in [3.63, 3.8) is 0 Å². The van der Waals surface area contributed by atoms with Gasteiger partial charge in [-0.2, -0.15) is 13.2 Å². The Balaban J connectivity index is 1.37. The highest BCUT2D eigenvalue weighted by atomic mass is 35.5. The zero-order chi connectivity index (χ0) is 23.1. The number of nitrogens with zero attached hydrogens (tertiary/aromatic N) is 4. The molecule has 2 aromatic rings. The lowest BCUT2D eigenvalue weighted by atomic mass is 9.92. The van der Waals surface area contributed by atoms with E-state index in [1.165, 1.54) is 11.0 Å². The van der Waals surface area contributed by atoms with Gasteiger partial charge in [-0.05, 0) is 36.8 Å². The highest BCUT2D eigenvalue weighted by Gasteiger charge is 2.49. The number of aromatic nitrogens is 1. The Kier molecular flexibility index (Phi) is 5.76. The van der Waals surface area contributed by atoms with Gasteiger partial charge in [-0.3, -0.25) is 9.69 Å². The third kappa shape index (κ3) is 4.24. The predicted molar refractivity (Wildman–Crippen MR) is 112 cm³/mol. The molecule has 1 unspecified atom stereocenters. The van der Waals surface area contributed by atoms with Crippen LogP contribution < -0.4 is 10.2 Å². The second-order valence-corrected chi connectivity index (χ2v) is 8.38. The van der Waals surface area contributed by atoms with Gasteiger partial charge in [-0.1, -0.05) is 23.7 Å². The number of alkyl halides is 3. The Morgan fingerprint density at radius 2 is 1.72 bits per heavy atom. The molecular weight excluding hydrogens is 447 g/mol. The molecule has 0 saturated carbocycles. The lowest BCUT2D eigenvalue weighted by Crippen LogP contribution is -2.51. The number of pyridine rings is 1. The molecule has 7 nitrogen and oxygen atoms in total.